The molecule has 0 saturated carbocycles. The van der Waals surface area contributed by atoms with Gasteiger partial charge in [0.25, 0.3) is 5.91 Å². The molecule has 118 valence electrons. The van der Waals surface area contributed by atoms with Crippen LogP contribution in [0.4, 0.5) is 5.82 Å². The van der Waals surface area contributed by atoms with Gasteiger partial charge in [0.15, 0.2) is 0 Å². The number of carbonyl (C=O) groups excluding carboxylic acids is 1. The van der Waals surface area contributed by atoms with E-state index >= 15 is 0 Å². The molecule has 1 amide bonds. The summed E-state index contributed by atoms with van der Waals surface area (Å²) >= 11 is 0. The molecule has 0 bridgehead atoms. The maximum Gasteiger partial charge on any atom is 0.271 e. The molecule has 2 N–H and O–H groups in total. The van der Waals surface area contributed by atoms with Gasteiger partial charge in [-0.25, -0.2) is 4.98 Å². The zero-order valence-corrected chi connectivity index (χ0v) is 13.5. The van der Waals surface area contributed by atoms with E-state index in [2.05, 4.69) is 34.4 Å². The molecule has 0 aliphatic heterocycles. The highest BCUT2D eigenvalue weighted by Gasteiger charge is 2.12. The zero-order valence-electron chi connectivity index (χ0n) is 13.5. The van der Waals surface area contributed by atoms with E-state index in [-0.39, 0.29) is 11.9 Å². The van der Waals surface area contributed by atoms with Crippen LogP contribution < -0.4 is 10.6 Å². The number of carbonyl (C=O) groups is 1. The number of aromatic nitrogens is 2. The van der Waals surface area contributed by atoms with E-state index in [9.17, 15) is 4.79 Å². The molecule has 1 rings (SSSR count). The van der Waals surface area contributed by atoms with Crippen molar-refractivity contribution < 1.29 is 4.79 Å². The lowest BCUT2D eigenvalue weighted by molar-refractivity contribution is 0.0932. The third kappa shape index (κ3) is 7.06. The van der Waals surface area contributed by atoms with Crippen molar-refractivity contribution in [1.29, 1.82) is 0 Å². The minimum Gasteiger partial charge on any atom is -0.369 e. The van der Waals surface area contributed by atoms with Crippen LogP contribution in [0.3, 0.4) is 0 Å². The number of rotatable bonds is 10. The minimum atomic E-state index is -0.148. The molecule has 0 saturated heterocycles. The monoisotopic (exact) mass is 292 g/mol. The molecule has 0 radical (unpaired) electrons. The van der Waals surface area contributed by atoms with Crippen LogP contribution >= 0.6 is 0 Å². The third-order valence-corrected chi connectivity index (χ3v) is 3.29. The van der Waals surface area contributed by atoms with Gasteiger partial charge in [0.1, 0.15) is 11.5 Å². The molecule has 1 heterocycles. The van der Waals surface area contributed by atoms with E-state index in [1.807, 2.05) is 6.92 Å². The van der Waals surface area contributed by atoms with E-state index in [1.54, 1.807) is 6.20 Å². The maximum atomic E-state index is 12.1. The second-order valence-corrected chi connectivity index (χ2v) is 5.44. The Morgan fingerprint density at radius 1 is 1.19 bits per heavy atom. The van der Waals surface area contributed by atoms with E-state index in [1.165, 1.54) is 25.5 Å². The van der Waals surface area contributed by atoms with Gasteiger partial charge in [-0.05, 0) is 19.8 Å². The van der Waals surface area contributed by atoms with Crippen molar-refractivity contribution >= 4 is 11.7 Å². The first-order valence-corrected chi connectivity index (χ1v) is 8.04. The number of anilines is 1. The first-order valence-electron chi connectivity index (χ1n) is 8.04. The Morgan fingerprint density at radius 3 is 2.71 bits per heavy atom. The summed E-state index contributed by atoms with van der Waals surface area (Å²) in [4.78, 5) is 20.5. The van der Waals surface area contributed by atoms with Crippen molar-refractivity contribution in [1.82, 2.24) is 15.3 Å². The highest BCUT2D eigenvalue weighted by molar-refractivity contribution is 5.92. The normalized spacial score (nSPS) is 12.0. The molecule has 0 spiro atoms. The highest BCUT2D eigenvalue weighted by Crippen LogP contribution is 2.07. The lowest BCUT2D eigenvalue weighted by Gasteiger charge is -2.13. The van der Waals surface area contributed by atoms with Crippen molar-refractivity contribution in [3.05, 3.63) is 18.1 Å². The van der Waals surface area contributed by atoms with Gasteiger partial charge in [0.05, 0.1) is 12.4 Å². The van der Waals surface area contributed by atoms with Gasteiger partial charge in [-0.15, -0.1) is 0 Å². The lowest BCUT2D eigenvalue weighted by Crippen LogP contribution is -2.33. The van der Waals surface area contributed by atoms with Crippen molar-refractivity contribution in [2.24, 2.45) is 0 Å². The molecular weight excluding hydrogens is 264 g/mol. The molecule has 0 fully saturated rings. The summed E-state index contributed by atoms with van der Waals surface area (Å²) in [5.74, 6) is 0.505. The van der Waals surface area contributed by atoms with E-state index in [4.69, 9.17) is 0 Å². The van der Waals surface area contributed by atoms with Crippen LogP contribution in [-0.4, -0.2) is 28.5 Å². The summed E-state index contributed by atoms with van der Waals surface area (Å²) in [6.07, 6.45) is 10.0. The largest absolute Gasteiger partial charge is 0.369 e. The number of unbranched alkanes of at least 4 members (excludes halogenated alkanes) is 3. The summed E-state index contributed by atoms with van der Waals surface area (Å²) in [6.45, 7) is 7.14. The number of nitrogens with zero attached hydrogens (tertiary/aromatic N) is 2. The Kier molecular flexibility index (Phi) is 8.40. The molecule has 0 aliphatic carbocycles. The average Bonchev–Trinajstić information content (AvgIpc) is 2.50. The Balaban J connectivity index is 2.43. The third-order valence-electron chi connectivity index (χ3n) is 3.29. The van der Waals surface area contributed by atoms with Gasteiger partial charge in [-0.1, -0.05) is 39.5 Å². The van der Waals surface area contributed by atoms with Crippen molar-refractivity contribution in [2.75, 3.05) is 11.9 Å². The van der Waals surface area contributed by atoms with Crippen molar-refractivity contribution in [3.63, 3.8) is 0 Å². The molecule has 1 aromatic rings. The van der Waals surface area contributed by atoms with Gasteiger partial charge in [-0.3, -0.25) is 9.78 Å². The van der Waals surface area contributed by atoms with E-state index < -0.39 is 0 Å². The number of hydrogen-bond acceptors (Lipinski definition) is 4. The number of amides is 1. The summed E-state index contributed by atoms with van der Waals surface area (Å²) in [6, 6.07) is 0.170. The van der Waals surface area contributed by atoms with Crippen LogP contribution in [0.15, 0.2) is 12.4 Å². The number of hydrogen-bond donors (Lipinski definition) is 2. The molecular formula is C16H28N4O. The summed E-state index contributed by atoms with van der Waals surface area (Å²) in [5, 5.41) is 6.12. The second-order valence-electron chi connectivity index (χ2n) is 5.44. The summed E-state index contributed by atoms with van der Waals surface area (Å²) < 4.78 is 0. The molecule has 21 heavy (non-hydrogen) atoms. The SMILES string of the molecule is CCCCCCC(C)NC(=O)c1cncc(NCCC)n1. The fourth-order valence-electron chi connectivity index (χ4n) is 2.06. The van der Waals surface area contributed by atoms with Gasteiger partial charge in [-0.2, -0.15) is 0 Å². The Bertz CT molecular complexity index is 422. The average molecular weight is 292 g/mol. The second kappa shape index (κ2) is 10.1. The van der Waals surface area contributed by atoms with E-state index in [0.717, 1.165) is 25.8 Å². The highest BCUT2D eigenvalue weighted by atomic mass is 16.1. The fourth-order valence-corrected chi connectivity index (χ4v) is 2.06. The predicted molar refractivity (Wildman–Crippen MR) is 86.5 cm³/mol. The molecule has 0 aliphatic rings. The van der Waals surface area contributed by atoms with Crippen molar-refractivity contribution in [3.8, 4) is 0 Å². The van der Waals surface area contributed by atoms with Crippen LogP contribution in [0, 0.1) is 0 Å². The predicted octanol–water partition coefficient (Wildman–Crippen LogP) is 3.39. The van der Waals surface area contributed by atoms with Crippen LogP contribution in [-0.2, 0) is 0 Å². The Hall–Kier alpha value is -1.65. The Labute approximate surface area is 128 Å². The molecule has 1 atom stereocenters. The molecule has 5 heteroatoms. The molecule has 1 unspecified atom stereocenters. The number of nitrogens with one attached hydrogen (secondary N) is 2. The van der Waals surface area contributed by atoms with Gasteiger partial charge >= 0.3 is 0 Å². The molecule has 5 nitrogen and oxygen atoms in total. The van der Waals surface area contributed by atoms with Crippen LogP contribution in [0.25, 0.3) is 0 Å². The van der Waals surface area contributed by atoms with Gasteiger partial charge in [0, 0.05) is 12.6 Å². The van der Waals surface area contributed by atoms with Crippen LogP contribution in [0.2, 0.25) is 0 Å². The minimum absolute atomic E-state index is 0.148. The lowest BCUT2D eigenvalue weighted by atomic mass is 10.1. The summed E-state index contributed by atoms with van der Waals surface area (Å²) in [7, 11) is 0. The quantitative estimate of drug-likeness (QED) is 0.649. The molecule has 0 aromatic carbocycles. The first kappa shape index (κ1) is 17.4. The van der Waals surface area contributed by atoms with Crippen LogP contribution in [0.5, 0.6) is 0 Å². The smallest absolute Gasteiger partial charge is 0.271 e. The van der Waals surface area contributed by atoms with Crippen LogP contribution in [0.1, 0.15) is 69.8 Å². The van der Waals surface area contributed by atoms with E-state index in [0.29, 0.717) is 11.5 Å². The standard InChI is InChI=1S/C16H28N4O/c1-4-6-7-8-9-13(3)19-16(21)14-11-17-12-15(20-14)18-10-5-2/h11-13H,4-10H2,1-3H3,(H,18,20)(H,19,21). The van der Waals surface area contributed by atoms with Gasteiger partial charge < -0.3 is 10.6 Å². The fraction of sp³-hybridized carbons (Fsp3) is 0.688. The first-order chi connectivity index (χ1) is 10.2. The van der Waals surface area contributed by atoms with Gasteiger partial charge in [0.2, 0.25) is 0 Å². The Morgan fingerprint density at radius 2 is 2.00 bits per heavy atom. The molecule has 1 aromatic heterocycles. The zero-order chi connectivity index (χ0) is 15.5. The maximum absolute atomic E-state index is 12.1. The summed E-state index contributed by atoms with van der Waals surface area (Å²) in [5.41, 5.74) is 0.372. The topological polar surface area (TPSA) is 66.9 Å². The van der Waals surface area contributed by atoms with Crippen molar-refractivity contribution in [2.45, 2.75) is 65.3 Å².